The molecule has 0 aliphatic heterocycles. The molecule has 3 aromatic heterocycles. The Labute approximate surface area is 316 Å². The predicted octanol–water partition coefficient (Wildman–Crippen LogP) is 12.4. The van der Waals surface area contributed by atoms with E-state index in [1.54, 1.807) is 0 Å². The van der Waals surface area contributed by atoms with Gasteiger partial charge in [0.05, 0.1) is 62.1 Å². The molecule has 0 fully saturated rings. The standard InChI is InChI=1S/C50H29N5/c51-30-32-20-25-47-42(28-32)40-12-3-5-14-43(40)54(47)37-27-33(31-52)26-35(29-37)34-21-23-36(24-22-34)53-46-17-8-4-13-41(46)50-48(53)18-9-19-49(50)55-44-15-6-1-10-38(44)39-11-2-7-16-45(39)55/h1-29H. The molecule has 0 bridgehead atoms. The first-order chi connectivity index (χ1) is 27.2. The third kappa shape index (κ3) is 4.51. The van der Waals surface area contributed by atoms with Gasteiger partial charge in [-0.2, -0.15) is 10.5 Å². The van der Waals surface area contributed by atoms with Gasteiger partial charge in [0, 0.05) is 43.7 Å². The molecular formula is C50H29N5. The van der Waals surface area contributed by atoms with Crippen LogP contribution < -0.4 is 0 Å². The molecule has 8 aromatic carbocycles. The highest BCUT2D eigenvalue weighted by Gasteiger charge is 2.20. The maximum Gasteiger partial charge on any atom is 0.0992 e. The summed E-state index contributed by atoms with van der Waals surface area (Å²) in [4.78, 5) is 0. The molecule has 0 saturated carbocycles. The van der Waals surface area contributed by atoms with E-state index in [4.69, 9.17) is 0 Å². The van der Waals surface area contributed by atoms with Gasteiger partial charge in [-0.15, -0.1) is 0 Å². The summed E-state index contributed by atoms with van der Waals surface area (Å²) in [6, 6.07) is 66.0. The van der Waals surface area contributed by atoms with Gasteiger partial charge in [-0.05, 0) is 96.1 Å². The Balaban J connectivity index is 1.08. The Morgan fingerprint density at radius 1 is 0.327 bits per heavy atom. The SMILES string of the molecule is N#Cc1cc(-c2ccc(-n3c4ccccc4c4c(-n5c6ccccc6c6ccccc65)cccc43)cc2)cc(-n2c3ccccc3c3cc(C#N)ccc32)c1. The molecule has 5 heteroatoms. The average molecular weight is 700 g/mol. The first-order valence-electron chi connectivity index (χ1n) is 18.3. The van der Waals surface area contributed by atoms with E-state index in [1.807, 2.05) is 42.5 Å². The number of aromatic nitrogens is 3. The van der Waals surface area contributed by atoms with Gasteiger partial charge < -0.3 is 13.7 Å². The van der Waals surface area contributed by atoms with E-state index < -0.39 is 0 Å². The molecule has 0 N–H and O–H groups in total. The molecule has 5 nitrogen and oxygen atoms in total. The number of para-hydroxylation sites is 4. The summed E-state index contributed by atoms with van der Waals surface area (Å²) in [5, 5.41) is 26.8. The van der Waals surface area contributed by atoms with E-state index in [2.05, 4.69) is 159 Å². The molecule has 55 heavy (non-hydrogen) atoms. The van der Waals surface area contributed by atoms with Crippen molar-refractivity contribution < 1.29 is 0 Å². The van der Waals surface area contributed by atoms with E-state index in [-0.39, 0.29) is 0 Å². The number of hydrogen-bond donors (Lipinski definition) is 0. The smallest absolute Gasteiger partial charge is 0.0992 e. The van der Waals surface area contributed by atoms with Gasteiger partial charge >= 0.3 is 0 Å². The summed E-state index contributed by atoms with van der Waals surface area (Å²) >= 11 is 0. The monoisotopic (exact) mass is 699 g/mol. The van der Waals surface area contributed by atoms with Gasteiger partial charge in [0.1, 0.15) is 0 Å². The average Bonchev–Trinajstić information content (AvgIpc) is 3.89. The molecule has 3 heterocycles. The molecule has 0 radical (unpaired) electrons. The lowest BCUT2D eigenvalue weighted by atomic mass is 10.0. The summed E-state index contributed by atoms with van der Waals surface area (Å²) in [6.45, 7) is 0. The number of nitrogens with zero attached hydrogens (tertiary/aromatic N) is 5. The van der Waals surface area contributed by atoms with Crippen LogP contribution in [0.2, 0.25) is 0 Å². The van der Waals surface area contributed by atoms with E-state index in [9.17, 15) is 10.5 Å². The van der Waals surface area contributed by atoms with Crippen LogP contribution in [0, 0.1) is 22.7 Å². The second-order valence-corrected chi connectivity index (χ2v) is 14.0. The molecule has 11 rings (SSSR count). The summed E-state index contributed by atoms with van der Waals surface area (Å²) in [5.74, 6) is 0. The Morgan fingerprint density at radius 3 is 1.51 bits per heavy atom. The lowest BCUT2D eigenvalue weighted by molar-refractivity contribution is 1.17. The van der Waals surface area contributed by atoms with Crippen molar-refractivity contribution in [2.24, 2.45) is 0 Å². The van der Waals surface area contributed by atoms with Crippen molar-refractivity contribution in [2.75, 3.05) is 0 Å². The fourth-order valence-corrected chi connectivity index (χ4v) is 8.74. The molecule has 0 amide bonds. The first-order valence-corrected chi connectivity index (χ1v) is 18.3. The normalized spacial score (nSPS) is 11.6. The number of nitriles is 2. The first kappa shape index (κ1) is 30.7. The van der Waals surface area contributed by atoms with Crippen molar-refractivity contribution in [1.82, 2.24) is 13.7 Å². The lowest BCUT2D eigenvalue weighted by Gasteiger charge is -2.13. The van der Waals surface area contributed by atoms with Crippen molar-refractivity contribution in [2.45, 2.75) is 0 Å². The van der Waals surface area contributed by atoms with Crippen LogP contribution in [0.1, 0.15) is 11.1 Å². The third-order valence-electron chi connectivity index (χ3n) is 11.1. The van der Waals surface area contributed by atoms with Gasteiger partial charge in [-0.3, -0.25) is 0 Å². The van der Waals surface area contributed by atoms with Crippen molar-refractivity contribution in [1.29, 1.82) is 10.5 Å². The molecule has 0 aliphatic carbocycles. The number of fused-ring (bicyclic) bond motifs is 9. The number of rotatable bonds is 4. The minimum Gasteiger partial charge on any atom is -0.309 e. The lowest BCUT2D eigenvalue weighted by Crippen LogP contribution is -1.97. The Morgan fingerprint density at radius 2 is 0.855 bits per heavy atom. The molecule has 0 aliphatic rings. The van der Waals surface area contributed by atoms with Crippen LogP contribution in [0.3, 0.4) is 0 Å². The molecule has 0 spiro atoms. The summed E-state index contributed by atoms with van der Waals surface area (Å²) in [5.41, 5.74) is 12.9. The second kappa shape index (κ2) is 11.8. The van der Waals surface area contributed by atoms with Crippen LogP contribution in [0.4, 0.5) is 0 Å². The van der Waals surface area contributed by atoms with E-state index in [1.165, 1.54) is 32.6 Å². The zero-order valence-electron chi connectivity index (χ0n) is 29.5. The Kier molecular flexibility index (Phi) is 6.61. The largest absolute Gasteiger partial charge is 0.309 e. The van der Waals surface area contributed by atoms with Crippen LogP contribution in [0.15, 0.2) is 176 Å². The molecule has 0 saturated heterocycles. The predicted molar refractivity (Wildman–Crippen MR) is 224 cm³/mol. The Bertz CT molecular complexity index is 3400. The number of benzene rings is 8. The maximum atomic E-state index is 10.2. The number of hydrogen-bond acceptors (Lipinski definition) is 2. The van der Waals surface area contributed by atoms with Gasteiger partial charge in [0.2, 0.25) is 0 Å². The van der Waals surface area contributed by atoms with E-state index in [0.29, 0.717) is 11.1 Å². The van der Waals surface area contributed by atoms with Crippen molar-refractivity contribution in [3.05, 3.63) is 187 Å². The van der Waals surface area contributed by atoms with Gasteiger partial charge in [-0.1, -0.05) is 91.0 Å². The zero-order valence-corrected chi connectivity index (χ0v) is 29.5. The quantitative estimate of drug-likeness (QED) is 0.184. The fraction of sp³-hybridized carbons (Fsp3) is 0. The van der Waals surface area contributed by atoms with Crippen molar-refractivity contribution in [3.63, 3.8) is 0 Å². The third-order valence-corrected chi connectivity index (χ3v) is 11.1. The van der Waals surface area contributed by atoms with Crippen molar-refractivity contribution >= 4 is 65.4 Å². The zero-order chi connectivity index (χ0) is 36.6. The summed E-state index contributed by atoms with van der Waals surface area (Å²) < 4.78 is 6.96. The minimum atomic E-state index is 0.580. The molecule has 0 unspecified atom stereocenters. The summed E-state index contributed by atoms with van der Waals surface area (Å²) in [7, 11) is 0. The van der Waals surface area contributed by atoms with Crippen LogP contribution in [-0.2, 0) is 0 Å². The fourth-order valence-electron chi connectivity index (χ4n) is 8.74. The highest BCUT2D eigenvalue weighted by molar-refractivity contribution is 6.16. The molecular weight excluding hydrogens is 671 g/mol. The van der Waals surface area contributed by atoms with Gasteiger partial charge in [-0.25, -0.2) is 0 Å². The molecule has 254 valence electrons. The highest BCUT2D eigenvalue weighted by Crippen LogP contribution is 2.40. The second-order valence-electron chi connectivity index (χ2n) is 14.0. The van der Waals surface area contributed by atoms with Crippen LogP contribution in [-0.4, -0.2) is 13.7 Å². The van der Waals surface area contributed by atoms with Gasteiger partial charge in [0.25, 0.3) is 0 Å². The van der Waals surface area contributed by atoms with Crippen LogP contribution >= 0.6 is 0 Å². The minimum absolute atomic E-state index is 0.580. The van der Waals surface area contributed by atoms with Gasteiger partial charge in [0.15, 0.2) is 0 Å². The molecule has 0 atom stereocenters. The van der Waals surface area contributed by atoms with E-state index >= 15 is 0 Å². The van der Waals surface area contributed by atoms with Crippen LogP contribution in [0.5, 0.6) is 0 Å². The topological polar surface area (TPSA) is 62.4 Å². The Hall–Kier alpha value is -7.86. The molecule has 11 aromatic rings. The highest BCUT2D eigenvalue weighted by atomic mass is 15.0. The van der Waals surface area contributed by atoms with Crippen LogP contribution in [0.25, 0.3) is 93.6 Å². The maximum absolute atomic E-state index is 10.2. The van der Waals surface area contributed by atoms with E-state index in [0.717, 1.165) is 61.0 Å². The van der Waals surface area contributed by atoms with Crippen molar-refractivity contribution in [3.8, 4) is 40.3 Å². The summed E-state index contributed by atoms with van der Waals surface area (Å²) in [6.07, 6.45) is 0.